The van der Waals surface area contributed by atoms with Crippen LogP contribution in [0, 0.1) is 5.92 Å². The molecular formula is C13H21F2N3O2. The number of carbonyl (C=O) groups is 2. The van der Waals surface area contributed by atoms with E-state index < -0.39 is 5.92 Å². The van der Waals surface area contributed by atoms with Crippen LogP contribution >= 0.6 is 0 Å². The van der Waals surface area contributed by atoms with Crippen molar-refractivity contribution in [2.45, 2.75) is 25.2 Å². The van der Waals surface area contributed by atoms with Gasteiger partial charge < -0.3 is 10.2 Å². The van der Waals surface area contributed by atoms with Crippen LogP contribution in [0.15, 0.2) is 0 Å². The molecular weight excluding hydrogens is 268 g/mol. The number of nitrogens with one attached hydrogen (secondary N) is 1. The lowest BCUT2D eigenvalue weighted by molar-refractivity contribution is -0.141. The van der Waals surface area contributed by atoms with Crippen LogP contribution in [0.2, 0.25) is 0 Å². The molecule has 2 amide bonds. The van der Waals surface area contributed by atoms with Crippen LogP contribution in [0.25, 0.3) is 0 Å². The molecule has 1 atom stereocenters. The van der Waals surface area contributed by atoms with Crippen LogP contribution < -0.4 is 5.32 Å². The van der Waals surface area contributed by atoms with Crippen molar-refractivity contribution in [1.29, 1.82) is 0 Å². The number of alkyl halides is 2. The molecule has 2 aliphatic heterocycles. The summed E-state index contributed by atoms with van der Waals surface area (Å²) < 4.78 is 26.1. The summed E-state index contributed by atoms with van der Waals surface area (Å²) in [4.78, 5) is 27.0. The Morgan fingerprint density at radius 3 is 2.50 bits per heavy atom. The van der Waals surface area contributed by atoms with Gasteiger partial charge in [0.1, 0.15) is 0 Å². The van der Waals surface area contributed by atoms with Gasteiger partial charge in [0, 0.05) is 39.5 Å². The Labute approximate surface area is 117 Å². The van der Waals surface area contributed by atoms with Crippen LogP contribution in [-0.4, -0.2) is 67.3 Å². The molecule has 0 radical (unpaired) electrons. The average molecular weight is 289 g/mol. The van der Waals surface area contributed by atoms with Crippen molar-refractivity contribution in [2.75, 3.05) is 39.8 Å². The second-order valence-corrected chi connectivity index (χ2v) is 5.58. The molecule has 0 aromatic heterocycles. The molecule has 2 fully saturated rings. The van der Waals surface area contributed by atoms with Gasteiger partial charge in [0.25, 0.3) is 5.92 Å². The zero-order valence-corrected chi connectivity index (χ0v) is 11.7. The third-order valence-electron chi connectivity index (χ3n) is 4.07. The molecule has 2 heterocycles. The highest BCUT2D eigenvalue weighted by Crippen LogP contribution is 2.29. The smallest absolute Gasteiger partial charge is 0.251 e. The molecule has 0 saturated carbocycles. The standard InChI is InChI=1S/C13H21F2N3O2/c1-16-11(19)9-17-5-2-10(8-17)12(20)18-6-3-13(14,15)4-7-18/h10H,2-9H2,1H3,(H,16,19). The van der Waals surface area contributed by atoms with E-state index in [1.54, 1.807) is 11.9 Å². The number of amides is 2. The van der Waals surface area contributed by atoms with E-state index in [4.69, 9.17) is 0 Å². The predicted octanol–water partition coefficient (Wildman–Crippen LogP) is 0.312. The molecule has 0 aliphatic carbocycles. The molecule has 2 rings (SSSR count). The molecule has 2 aliphatic rings. The SMILES string of the molecule is CNC(=O)CN1CCC(C(=O)N2CCC(F)(F)CC2)C1. The Kier molecular flexibility index (Phi) is 4.57. The first-order valence-electron chi connectivity index (χ1n) is 7.01. The molecule has 7 heteroatoms. The van der Waals surface area contributed by atoms with E-state index in [1.165, 1.54) is 0 Å². The van der Waals surface area contributed by atoms with Crippen LogP contribution in [0.3, 0.4) is 0 Å². The van der Waals surface area contributed by atoms with E-state index in [1.807, 2.05) is 4.90 Å². The normalized spacial score (nSPS) is 26.6. The minimum absolute atomic E-state index is 0.0418. The van der Waals surface area contributed by atoms with Gasteiger partial charge in [-0.3, -0.25) is 14.5 Å². The second-order valence-electron chi connectivity index (χ2n) is 5.58. The average Bonchev–Trinajstić information content (AvgIpc) is 2.86. The molecule has 20 heavy (non-hydrogen) atoms. The number of piperidine rings is 1. The number of halogens is 2. The minimum atomic E-state index is -2.63. The van der Waals surface area contributed by atoms with Crippen LogP contribution in [0.1, 0.15) is 19.3 Å². The predicted molar refractivity (Wildman–Crippen MR) is 69.4 cm³/mol. The molecule has 0 bridgehead atoms. The highest BCUT2D eigenvalue weighted by molar-refractivity contribution is 5.80. The molecule has 2 saturated heterocycles. The van der Waals surface area contributed by atoms with Crippen LogP contribution in [0.5, 0.6) is 0 Å². The molecule has 0 aromatic carbocycles. The Bertz CT molecular complexity index is 380. The van der Waals surface area contributed by atoms with Crippen molar-refractivity contribution >= 4 is 11.8 Å². The maximum Gasteiger partial charge on any atom is 0.251 e. The topological polar surface area (TPSA) is 52.7 Å². The summed E-state index contributed by atoms with van der Waals surface area (Å²) in [5, 5.41) is 2.55. The lowest BCUT2D eigenvalue weighted by Gasteiger charge is -2.33. The number of likely N-dealkylation sites (N-methyl/N-ethyl adjacent to an activating group) is 1. The number of hydrogen-bond donors (Lipinski definition) is 1. The number of rotatable bonds is 3. The van der Waals surface area contributed by atoms with Crippen molar-refractivity contribution in [3.05, 3.63) is 0 Å². The molecule has 1 unspecified atom stereocenters. The number of carbonyl (C=O) groups excluding carboxylic acids is 2. The molecule has 0 spiro atoms. The molecule has 114 valence electrons. The van der Waals surface area contributed by atoms with Gasteiger partial charge in [0.2, 0.25) is 11.8 Å². The van der Waals surface area contributed by atoms with Crippen molar-refractivity contribution in [1.82, 2.24) is 15.1 Å². The van der Waals surface area contributed by atoms with Crippen molar-refractivity contribution < 1.29 is 18.4 Å². The van der Waals surface area contributed by atoms with Gasteiger partial charge in [-0.05, 0) is 13.0 Å². The Morgan fingerprint density at radius 1 is 1.25 bits per heavy atom. The van der Waals surface area contributed by atoms with Crippen LogP contribution in [-0.2, 0) is 9.59 Å². The van der Waals surface area contributed by atoms with E-state index >= 15 is 0 Å². The fourth-order valence-electron chi connectivity index (χ4n) is 2.77. The zero-order chi connectivity index (χ0) is 14.8. The number of nitrogens with zero attached hydrogens (tertiary/aromatic N) is 2. The quantitative estimate of drug-likeness (QED) is 0.814. The highest BCUT2D eigenvalue weighted by Gasteiger charge is 2.38. The monoisotopic (exact) mass is 289 g/mol. The number of likely N-dealkylation sites (tertiary alicyclic amines) is 2. The van der Waals surface area contributed by atoms with Crippen molar-refractivity contribution in [3.8, 4) is 0 Å². The van der Waals surface area contributed by atoms with E-state index in [0.29, 0.717) is 26.1 Å². The summed E-state index contributed by atoms with van der Waals surface area (Å²) >= 11 is 0. The van der Waals surface area contributed by atoms with E-state index in [2.05, 4.69) is 5.32 Å². The lowest BCUT2D eigenvalue weighted by Crippen LogP contribution is -2.45. The lowest BCUT2D eigenvalue weighted by atomic mass is 10.0. The number of hydrogen-bond acceptors (Lipinski definition) is 3. The Balaban J connectivity index is 1.81. The minimum Gasteiger partial charge on any atom is -0.358 e. The summed E-state index contributed by atoms with van der Waals surface area (Å²) in [5.41, 5.74) is 0. The van der Waals surface area contributed by atoms with Crippen molar-refractivity contribution in [3.63, 3.8) is 0 Å². The van der Waals surface area contributed by atoms with Gasteiger partial charge in [0.15, 0.2) is 0 Å². The fraction of sp³-hybridized carbons (Fsp3) is 0.846. The van der Waals surface area contributed by atoms with E-state index in [9.17, 15) is 18.4 Å². The van der Waals surface area contributed by atoms with Gasteiger partial charge >= 0.3 is 0 Å². The first kappa shape index (κ1) is 15.2. The summed E-state index contributed by atoms with van der Waals surface area (Å²) in [6.45, 7) is 1.81. The molecule has 1 N–H and O–H groups in total. The summed E-state index contributed by atoms with van der Waals surface area (Å²) in [7, 11) is 1.58. The summed E-state index contributed by atoms with van der Waals surface area (Å²) in [6, 6.07) is 0. The highest BCUT2D eigenvalue weighted by atomic mass is 19.3. The third kappa shape index (κ3) is 3.65. The van der Waals surface area contributed by atoms with Gasteiger partial charge in [-0.2, -0.15) is 0 Å². The third-order valence-corrected chi connectivity index (χ3v) is 4.07. The van der Waals surface area contributed by atoms with Gasteiger partial charge in [-0.15, -0.1) is 0 Å². The Hall–Kier alpha value is -1.24. The molecule has 5 nitrogen and oxygen atoms in total. The largest absolute Gasteiger partial charge is 0.358 e. The van der Waals surface area contributed by atoms with Gasteiger partial charge in [-0.25, -0.2) is 8.78 Å². The first-order chi connectivity index (χ1) is 9.41. The molecule has 0 aromatic rings. The van der Waals surface area contributed by atoms with Crippen LogP contribution in [0.4, 0.5) is 8.78 Å². The second kappa shape index (κ2) is 6.03. The van der Waals surface area contributed by atoms with E-state index in [-0.39, 0.29) is 43.7 Å². The van der Waals surface area contributed by atoms with Gasteiger partial charge in [-0.1, -0.05) is 0 Å². The Morgan fingerprint density at radius 2 is 1.90 bits per heavy atom. The van der Waals surface area contributed by atoms with Crippen molar-refractivity contribution in [2.24, 2.45) is 5.92 Å². The zero-order valence-electron chi connectivity index (χ0n) is 11.7. The summed E-state index contributed by atoms with van der Waals surface area (Å²) in [5.74, 6) is -2.90. The van der Waals surface area contributed by atoms with E-state index in [0.717, 1.165) is 0 Å². The maximum atomic E-state index is 13.1. The van der Waals surface area contributed by atoms with Gasteiger partial charge in [0.05, 0.1) is 12.5 Å². The maximum absolute atomic E-state index is 13.1. The first-order valence-corrected chi connectivity index (χ1v) is 7.01. The summed E-state index contributed by atoms with van der Waals surface area (Å²) in [6.07, 6.45) is 0.212. The fourth-order valence-corrected chi connectivity index (χ4v) is 2.77.